The quantitative estimate of drug-likeness (QED) is 0.287. The highest BCUT2D eigenvalue weighted by atomic mass is 32.2. The molecule has 0 radical (unpaired) electrons. The minimum Gasteiger partial charge on any atom is -0.282 e. The van der Waals surface area contributed by atoms with Crippen molar-refractivity contribution < 1.29 is 61.9 Å². The summed E-state index contributed by atoms with van der Waals surface area (Å²) < 4.78 is 170. The Kier molecular flexibility index (Phi) is 8.09. The first kappa shape index (κ1) is 29.8. The molecule has 0 saturated heterocycles. The van der Waals surface area contributed by atoms with E-state index < -0.39 is 53.1 Å². The minimum absolute atomic E-state index is 0.111. The Balaban J connectivity index is 2.13. The van der Waals surface area contributed by atoms with Crippen LogP contribution in [0.15, 0.2) is 54.6 Å². The third-order valence-electron chi connectivity index (χ3n) is 4.88. The van der Waals surface area contributed by atoms with Crippen molar-refractivity contribution in [1.82, 2.24) is 0 Å². The van der Waals surface area contributed by atoms with Gasteiger partial charge in [0.25, 0.3) is 0 Å². The number of carbonyl (C=O) groups excluding carboxylic acids is 1. The number of benzene rings is 2. The van der Waals surface area contributed by atoms with Crippen LogP contribution in [0.2, 0.25) is 0 Å². The number of halogens is 13. The van der Waals surface area contributed by atoms with Crippen LogP contribution in [0.4, 0.5) is 57.1 Å². The van der Waals surface area contributed by atoms with Crippen molar-refractivity contribution in [2.75, 3.05) is 5.75 Å². The van der Waals surface area contributed by atoms with Crippen LogP contribution in [-0.2, 0) is 0 Å². The molecule has 0 atom stereocenters. The van der Waals surface area contributed by atoms with E-state index in [-0.39, 0.29) is 17.3 Å². The van der Waals surface area contributed by atoms with Gasteiger partial charge in [0.15, 0.2) is 0 Å². The number of hydrogen-bond donors (Lipinski definition) is 0. The van der Waals surface area contributed by atoms with Crippen LogP contribution in [0, 0.1) is 0 Å². The van der Waals surface area contributed by atoms with E-state index in [2.05, 4.69) is 0 Å². The average Bonchev–Trinajstić information content (AvgIpc) is 2.78. The number of rotatable bonds is 9. The highest BCUT2D eigenvalue weighted by molar-refractivity contribution is 8.14. The second-order valence-electron chi connectivity index (χ2n) is 7.33. The first-order valence-electron chi connectivity index (χ1n) is 9.49. The molecule has 0 saturated carbocycles. The van der Waals surface area contributed by atoms with Crippen LogP contribution >= 0.6 is 11.8 Å². The van der Waals surface area contributed by atoms with E-state index in [0.717, 1.165) is 5.56 Å². The Morgan fingerprint density at radius 3 is 1.50 bits per heavy atom. The van der Waals surface area contributed by atoms with Gasteiger partial charge < -0.3 is 0 Å². The van der Waals surface area contributed by atoms with Gasteiger partial charge in [-0.1, -0.05) is 54.2 Å². The molecule has 1 nitrogen and oxygen atoms in total. The first-order chi connectivity index (χ1) is 16.2. The molecular formula is C21H13F13OS. The van der Waals surface area contributed by atoms with E-state index in [1.54, 1.807) is 30.3 Å². The van der Waals surface area contributed by atoms with Crippen molar-refractivity contribution >= 4 is 16.9 Å². The molecule has 0 spiro atoms. The van der Waals surface area contributed by atoms with Gasteiger partial charge in [0, 0.05) is 17.7 Å². The lowest BCUT2D eigenvalue weighted by molar-refractivity contribution is -0.439. The van der Waals surface area contributed by atoms with Crippen molar-refractivity contribution in [2.24, 2.45) is 0 Å². The summed E-state index contributed by atoms with van der Waals surface area (Å²) in [5.41, 5.74) is 1.22. The zero-order valence-corrected chi connectivity index (χ0v) is 18.2. The summed E-state index contributed by atoms with van der Waals surface area (Å²) in [6, 6.07) is 13.9. The van der Waals surface area contributed by atoms with Gasteiger partial charge in [-0.2, -0.15) is 57.1 Å². The van der Waals surface area contributed by atoms with E-state index in [4.69, 9.17) is 0 Å². The molecule has 0 fully saturated rings. The Morgan fingerprint density at radius 1 is 0.583 bits per heavy atom. The number of hydrogen-bond acceptors (Lipinski definition) is 2. The fraction of sp³-hybridized carbons (Fsp3) is 0.381. The van der Waals surface area contributed by atoms with Crippen molar-refractivity contribution in [3.8, 4) is 11.1 Å². The van der Waals surface area contributed by atoms with E-state index in [1.807, 2.05) is 0 Å². The summed E-state index contributed by atoms with van der Waals surface area (Å²) in [7, 11) is 0. The Labute approximate surface area is 198 Å². The maximum absolute atomic E-state index is 13.8. The number of thioether (sulfide) groups is 1. The second-order valence-corrected chi connectivity index (χ2v) is 8.40. The number of alkyl halides is 13. The summed E-state index contributed by atoms with van der Waals surface area (Å²) in [6.07, 6.45) is -9.88. The van der Waals surface area contributed by atoms with Crippen molar-refractivity contribution in [2.45, 2.75) is 42.2 Å². The smallest absolute Gasteiger partial charge is 0.282 e. The van der Waals surface area contributed by atoms with Crippen molar-refractivity contribution in [3.63, 3.8) is 0 Å². The van der Waals surface area contributed by atoms with E-state index in [1.165, 1.54) is 24.3 Å². The Hall–Kier alpha value is -2.45. The minimum atomic E-state index is -7.94. The topological polar surface area (TPSA) is 17.1 Å². The predicted molar refractivity (Wildman–Crippen MR) is 104 cm³/mol. The molecule has 0 N–H and O–H groups in total. The predicted octanol–water partition coefficient (Wildman–Crippen LogP) is 8.36. The van der Waals surface area contributed by atoms with Crippen LogP contribution in [0.1, 0.15) is 16.8 Å². The molecule has 0 bridgehead atoms. The average molecular weight is 560 g/mol. The molecule has 0 heterocycles. The maximum atomic E-state index is 13.8. The van der Waals surface area contributed by atoms with E-state index >= 15 is 0 Å². The van der Waals surface area contributed by atoms with Gasteiger partial charge >= 0.3 is 35.8 Å². The molecule has 0 aliphatic carbocycles. The zero-order valence-electron chi connectivity index (χ0n) is 17.3. The van der Waals surface area contributed by atoms with E-state index in [0.29, 0.717) is 5.56 Å². The molecule has 0 aliphatic heterocycles. The summed E-state index contributed by atoms with van der Waals surface area (Å²) in [5.74, 6) is -38.5. The Morgan fingerprint density at radius 2 is 1.03 bits per heavy atom. The monoisotopic (exact) mass is 560 g/mol. The highest BCUT2D eigenvalue weighted by Crippen LogP contribution is 2.60. The largest absolute Gasteiger partial charge is 0.460 e. The molecule has 36 heavy (non-hydrogen) atoms. The molecule has 2 aromatic carbocycles. The van der Waals surface area contributed by atoms with Gasteiger partial charge in [-0.25, -0.2) is 0 Å². The molecular weight excluding hydrogens is 547 g/mol. The highest BCUT2D eigenvalue weighted by Gasteiger charge is 2.90. The third kappa shape index (κ3) is 5.16. The molecule has 0 amide bonds. The molecule has 15 heteroatoms. The molecule has 2 aromatic rings. The normalized spacial score (nSPS) is 14.1. The lowest BCUT2D eigenvalue weighted by Crippen LogP contribution is -2.70. The molecule has 0 aliphatic rings. The van der Waals surface area contributed by atoms with E-state index in [9.17, 15) is 61.9 Å². The zero-order chi connectivity index (χ0) is 27.8. The summed E-state index contributed by atoms with van der Waals surface area (Å²) in [4.78, 5) is 12.1. The van der Waals surface area contributed by atoms with Crippen LogP contribution in [0.5, 0.6) is 0 Å². The lowest BCUT2D eigenvalue weighted by Gasteiger charge is -2.39. The van der Waals surface area contributed by atoms with Gasteiger partial charge in [-0.05, 0) is 23.3 Å². The van der Waals surface area contributed by atoms with Gasteiger partial charge in [0.2, 0.25) is 5.12 Å². The molecule has 0 unspecified atom stereocenters. The third-order valence-corrected chi connectivity index (χ3v) is 5.78. The molecule has 2 rings (SSSR count). The Bertz CT molecular complexity index is 1050. The van der Waals surface area contributed by atoms with Crippen molar-refractivity contribution in [3.05, 3.63) is 60.2 Å². The van der Waals surface area contributed by atoms with Gasteiger partial charge in [-0.15, -0.1) is 0 Å². The summed E-state index contributed by atoms with van der Waals surface area (Å²) >= 11 is -0.111. The number of carbonyl (C=O) groups is 1. The molecule has 0 aromatic heterocycles. The molecule has 200 valence electrons. The van der Waals surface area contributed by atoms with Crippen LogP contribution in [0.3, 0.4) is 0 Å². The van der Waals surface area contributed by atoms with Crippen molar-refractivity contribution in [1.29, 1.82) is 0 Å². The second kappa shape index (κ2) is 9.78. The van der Waals surface area contributed by atoms with Crippen LogP contribution in [-0.4, -0.2) is 46.7 Å². The van der Waals surface area contributed by atoms with Gasteiger partial charge in [0.1, 0.15) is 0 Å². The maximum Gasteiger partial charge on any atom is 0.460 e. The van der Waals surface area contributed by atoms with Gasteiger partial charge in [-0.3, -0.25) is 4.79 Å². The first-order valence-corrected chi connectivity index (χ1v) is 10.5. The lowest BCUT2D eigenvalue weighted by atomic mass is 9.93. The summed E-state index contributed by atoms with van der Waals surface area (Å²) in [5, 5.41) is -1.02. The van der Waals surface area contributed by atoms with Gasteiger partial charge in [0.05, 0.1) is 0 Å². The van der Waals surface area contributed by atoms with Crippen LogP contribution < -0.4 is 0 Å². The SMILES string of the molecule is O=C(SCCC(F)(F)C(F)(F)C(F)(F)C(F)(F)C(F)(F)C(F)(F)F)c1ccc(-c2ccccc2)cc1. The standard InChI is InChI=1S/C21H13F13OS/c22-16(23,17(24,25)18(26,27)19(28,29)20(30,31)21(32,33)34)10-11-36-15(35)14-8-6-13(7-9-14)12-4-2-1-3-5-12/h1-9H,10-11H2. The fourth-order valence-corrected chi connectivity index (χ4v) is 3.59. The fourth-order valence-electron chi connectivity index (χ4n) is 2.74. The summed E-state index contributed by atoms with van der Waals surface area (Å²) in [6.45, 7) is 0. The van der Waals surface area contributed by atoms with Crippen LogP contribution in [0.25, 0.3) is 11.1 Å².